The number of fused-ring (bicyclic) bond motifs is 1. The molecule has 1 aliphatic rings. The van der Waals surface area contributed by atoms with E-state index in [2.05, 4.69) is 47.4 Å². The smallest absolute Gasteiger partial charge is 0.208 e. The van der Waals surface area contributed by atoms with Crippen LogP contribution in [0, 0.1) is 0 Å². The van der Waals surface area contributed by atoms with Gasteiger partial charge in [-0.15, -0.1) is 0 Å². The standard InChI is InChI=1S/C17H23N3O/c1-3-15-11-19-17(21-15)12-18-10-13-6-7-16-14(9-13)5-4-8-20(16)2/h6-7,9,11,18H,3-5,8,10,12H2,1-2H3. The molecule has 4 nitrogen and oxygen atoms in total. The zero-order valence-corrected chi connectivity index (χ0v) is 12.9. The number of oxazole rings is 1. The number of aryl methyl sites for hydroxylation is 2. The molecule has 0 saturated heterocycles. The number of hydrogen-bond acceptors (Lipinski definition) is 4. The summed E-state index contributed by atoms with van der Waals surface area (Å²) in [5, 5.41) is 3.40. The summed E-state index contributed by atoms with van der Waals surface area (Å²) in [6.45, 7) is 4.76. The maximum atomic E-state index is 5.60. The van der Waals surface area contributed by atoms with Gasteiger partial charge in [0.05, 0.1) is 12.7 Å². The van der Waals surface area contributed by atoms with Crippen LogP contribution in [0.3, 0.4) is 0 Å². The third kappa shape index (κ3) is 3.27. The second kappa shape index (κ2) is 6.31. The zero-order valence-electron chi connectivity index (χ0n) is 12.9. The van der Waals surface area contributed by atoms with Crippen molar-refractivity contribution in [3.63, 3.8) is 0 Å². The molecule has 1 N–H and O–H groups in total. The van der Waals surface area contributed by atoms with Gasteiger partial charge in [0.15, 0.2) is 0 Å². The Bertz CT molecular complexity index is 606. The quantitative estimate of drug-likeness (QED) is 0.917. The highest BCUT2D eigenvalue weighted by molar-refractivity contribution is 5.56. The molecule has 1 aromatic carbocycles. The number of rotatable bonds is 5. The highest BCUT2D eigenvalue weighted by Crippen LogP contribution is 2.26. The van der Waals surface area contributed by atoms with Crippen molar-refractivity contribution >= 4 is 5.69 Å². The van der Waals surface area contributed by atoms with Gasteiger partial charge in [0, 0.05) is 32.2 Å². The summed E-state index contributed by atoms with van der Waals surface area (Å²) in [4.78, 5) is 6.60. The first kappa shape index (κ1) is 14.1. The monoisotopic (exact) mass is 285 g/mol. The molecule has 1 aromatic heterocycles. The van der Waals surface area contributed by atoms with E-state index < -0.39 is 0 Å². The number of benzene rings is 1. The molecule has 21 heavy (non-hydrogen) atoms. The van der Waals surface area contributed by atoms with Gasteiger partial charge in [0.2, 0.25) is 5.89 Å². The molecule has 0 aliphatic carbocycles. The van der Waals surface area contributed by atoms with Crippen LogP contribution in [0.1, 0.15) is 36.1 Å². The van der Waals surface area contributed by atoms with Crippen molar-refractivity contribution in [1.29, 1.82) is 0 Å². The van der Waals surface area contributed by atoms with Gasteiger partial charge in [-0.05, 0) is 30.0 Å². The van der Waals surface area contributed by atoms with Gasteiger partial charge in [-0.2, -0.15) is 0 Å². The van der Waals surface area contributed by atoms with Gasteiger partial charge in [-0.25, -0.2) is 4.98 Å². The summed E-state index contributed by atoms with van der Waals surface area (Å²) in [6, 6.07) is 6.78. The Morgan fingerprint density at radius 2 is 2.24 bits per heavy atom. The fourth-order valence-electron chi connectivity index (χ4n) is 2.86. The van der Waals surface area contributed by atoms with E-state index >= 15 is 0 Å². The lowest BCUT2D eigenvalue weighted by Gasteiger charge is -2.27. The van der Waals surface area contributed by atoms with Crippen molar-refractivity contribution in [2.24, 2.45) is 0 Å². The zero-order chi connectivity index (χ0) is 14.7. The molecule has 112 valence electrons. The lowest BCUT2D eigenvalue weighted by Crippen LogP contribution is -2.24. The minimum Gasteiger partial charge on any atom is -0.444 e. The van der Waals surface area contributed by atoms with Crippen LogP contribution in [0.4, 0.5) is 5.69 Å². The molecule has 2 aromatic rings. The predicted octanol–water partition coefficient (Wildman–Crippen LogP) is 2.91. The first-order valence-electron chi connectivity index (χ1n) is 7.73. The van der Waals surface area contributed by atoms with E-state index in [1.165, 1.54) is 29.7 Å². The Hall–Kier alpha value is -1.81. The van der Waals surface area contributed by atoms with Crippen molar-refractivity contribution in [2.75, 3.05) is 18.5 Å². The van der Waals surface area contributed by atoms with E-state index in [4.69, 9.17) is 4.42 Å². The molecule has 0 radical (unpaired) electrons. The molecule has 0 amide bonds. The van der Waals surface area contributed by atoms with E-state index in [0.29, 0.717) is 6.54 Å². The average Bonchev–Trinajstić information content (AvgIpc) is 2.95. The Morgan fingerprint density at radius 1 is 1.33 bits per heavy atom. The molecule has 1 aliphatic heterocycles. The maximum absolute atomic E-state index is 5.60. The van der Waals surface area contributed by atoms with Crippen molar-refractivity contribution < 1.29 is 4.42 Å². The first-order chi connectivity index (χ1) is 10.3. The molecule has 0 spiro atoms. The van der Waals surface area contributed by atoms with Gasteiger partial charge >= 0.3 is 0 Å². The lowest BCUT2D eigenvalue weighted by atomic mass is 9.99. The third-order valence-corrected chi connectivity index (χ3v) is 4.05. The van der Waals surface area contributed by atoms with Gasteiger partial charge in [-0.3, -0.25) is 0 Å². The third-order valence-electron chi connectivity index (χ3n) is 4.05. The van der Waals surface area contributed by atoms with Crippen LogP contribution in [0.5, 0.6) is 0 Å². The lowest BCUT2D eigenvalue weighted by molar-refractivity contribution is 0.439. The number of nitrogens with one attached hydrogen (secondary N) is 1. The van der Waals surface area contributed by atoms with Crippen LogP contribution in [-0.2, 0) is 25.9 Å². The fourth-order valence-corrected chi connectivity index (χ4v) is 2.86. The van der Waals surface area contributed by atoms with Crippen LogP contribution in [0.15, 0.2) is 28.8 Å². The van der Waals surface area contributed by atoms with Crippen molar-refractivity contribution in [2.45, 2.75) is 39.3 Å². The molecule has 3 rings (SSSR count). The molecule has 0 saturated carbocycles. The Morgan fingerprint density at radius 3 is 3.05 bits per heavy atom. The fraction of sp³-hybridized carbons (Fsp3) is 0.471. The average molecular weight is 285 g/mol. The van der Waals surface area contributed by atoms with Gasteiger partial charge in [0.1, 0.15) is 5.76 Å². The molecular weight excluding hydrogens is 262 g/mol. The topological polar surface area (TPSA) is 41.3 Å². The van der Waals surface area contributed by atoms with Crippen LogP contribution in [0.2, 0.25) is 0 Å². The number of hydrogen-bond donors (Lipinski definition) is 1. The van der Waals surface area contributed by atoms with Gasteiger partial charge in [0.25, 0.3) is 0 Å². The van der Waals surface area contributed by atoms with Crippen molar-refractivity contribution in [3.05, 3.63) is 47.2 Å². The van der Waals surface area contributed by atoms with Crippen LogP contribution >= 0.6 is 0 Å². The Kier molecular flexibility index (Phi) is 4.25. The summed E-state index contributed by atoms with van der Waals surface area (Å²) in [5.41, 5.74) is 4.17. The van der Waals surface area contributed by atoms with E-state index in [0.717, 1.165) is 31.2 Å². The summed E-state index contributed by atoms with van der Waals surface area (Å²) >= 11 is 0. The van der Waals surface area contributed by atoms with Crippen LogP contribution in [-0.4, -0.2) is 18.6 Å². The predicted molar refractivity (Wildman–Crippen MR) is 84.5 cm³/mol. The van der Waals surface area contributed by atoms with Crippen molar-refractivity contribution in [3.8, 4) is 0 Å². The normalized spacial score (nSPS) is 14.3. The molecule has 0 unspecified atom stereocenters. The molecule has 0 fully saturated rings. The second-order valence-corrected chi connectivity index (χ2v) is 5.67. The number of nitrogens with zero attached hydrogens (tertiary/aromatic N) is 2. The van der Waals surface area contributed by atoms with Crippen LogP contribution < -0.4 is 10.2 Å². The van der Waals surface area contributed by atoms with Crippen LogP contribution in [0.25, 0.3) is 0 Å². The SMILES string of the molecule is CCc1cnc(CNCc2ccc3c(c2)CCCN3C)o1. The maximum Gasteiger partial charge on any atom is 0.208 e. The largest absolute Gasteiger partial charge is 0.444 e. The summed E-state index contributed by atoms with van der Waals surface area (Å²) in [7, 11) is 2.17. The van der Waals surface area contributed by atoms with E-state index in [9.17, 15) is 0 Å². The highest BCUT2D eigenvalue weighted by Gasteiger charge is 2.13. The summed E-state index contributed by atoms with van der Waals surface area (Å²) < 4.78 is 5.60. The molecular formula is C17H23N3O. The van der Waals surface area contributed by atoms with Crippen molar-refractivity contribution in [1.82, 2.24) is 10.3 Å². The van der Waals surface area contributed by atoms with Gasteiger partial charge in [-0.1, -0.05) is 19.1 Å². The molecule has 0 bridgehead atoms. The van der Waals surface area contributed by atoms with E-state index in [1.54, 1.807) is 0 Å². The number of anilines is 1. The summed E-state index contributed by atoms with van der Waals surface area (Å²) in [6.07, 6.45) is 5.14. The van der Waals surface area contributed by atoms with E-state index in [-0.39, 0.29) is 0 Å². The second-order valence-electron chi connectivity index (χ2n) is 5.67. The van der Waals surface area contributed by atoms with E-state index in [1.807, 2.05) is 6.20 Å². The minimum atomic E-state index is 0.678. The summed E-state index contributed by atoms with van der Waals surface area (Å²) in [5.74, 6) is 1.72. The highest BCUT2D eigenvalue weighted by atomic mass is 16.4. The molecule has 0 atom stereocenters. The molecule has 2 heterocycles. The minimum absolute atomic E-state index is 0.678. The van der Waals surface area contributed by atoms with Gasteiger partial charge < -0.3 is 14.6 Å². The molecule has 4 heteroatoms. The first-order valence-corrected chi connectivity index (χ1v) is 7.73. The Balaban J connectivity index is 1.58. The number of aromatic nitrogens is 1. The Labute approximate surface area is 126 Å².